The summed E-state index contributed by atoms with van der Waals surface area (Å²) in [4.78, 5) is 41.4. The van der Waals surface area contributed by atoms with Gasteiger partial charge >= 0.3 is 0 Å². The summed E-state index contributed by atoms with van der Waals surface area (Å²) >= 11 is 0. The fraction of sp³-hybridized carbons (Fsp3) is 0.512. The highest BCUT2D eigenvalue weighted by Crippen LogP contribution is 2.36. The lowest BCUT2D eigenvalue weighted by Crippen LogP contribution is -2.49. The summed E-state index contributed by atoms with van der Waals surface area (Å²) in [5.74, 6) is 3.44. The van der Waals surface area contributed by atoms with Crippen LogP contribution in [0.2, 0.25) is 0 Å². The van der Waals surface area contributed by atoms with Crippen LogP contribution in [0.15, 0.2) is 71.3 Å². The lowest BCUT2D eigenvalue weighted by molar-refractivity contribution is -0.120. The molecular formula is C43H57N11O2. The second-order valence-electron chi connectivity index (χ2n) is 17.1. The van der Waals surface area contributed by atoms with Crippen molar-refractivity contribution >= 4 is 62.8 Å². The van der Waals surface area contributed by atoms with E-state index in [1.54, 1.807) is 6.33 Å². The number of aliphatic imine (C=N–C) groups is 1. The molecule has 2 aromatic heterocycles. The van der Waals surface area contributed by atoms with Crippen molar-refractivity contribution in [1.29, 1.82) is 0 Å². The molecule has 1 amide bonds. The van der Waals surface area contributed by atoms with E-state index in [9.17, 15) is 10.0 Å². The number of anilines is 4. The van der Waals surface area contributed by atoms with Crippen molar-refractivity contribution in [2.45, 2.75) is 59.3 Å². The lowest BCUT2D eigenvalue weighted by atomic mass is 9.93. The van der Waals surface area contributed by atoms with Crippen LogP contribution in [0.25, 0.3) is 21.9 Å². The minimum atomic E-state index is -0.285. The quantitative estimate of drug-likeness (QED) is 0.0802. The largest absolute Gasteiger partial charge is 0.409 e. The first-order valence-electron chi connectivity index (χ1n) is 20.5. The molecule has 0 saturated carbocycles. The Morgan fingerprint density at radius 2 is 1.52 bits per heavy atom. The molecule has 2 aromatic carbocycles. The molecule has 13 nitrogen and oxygen atoms in total. The summed E-state index contributed by atoms with van der Waals surface area (Å²) in [7, 11) is 0. The number of fused-ring (bicyclic) bond motifs is 3. The van der Waals surface area contributed by atoms with Gasteiger partial charge in [0.1, 0.15) is 23.6 Å². The summed E-state index contributed by atoms with van der Waals surface area (Å²) in [5, 5.41) is 17.9. The fourth-order valence-corrected chi connectivity index (χ4v) is 8.87. The van der Waals surface area contributed by atoms with Crippen LogP contribution in [-0.4, -0.2) is 108 Å². The van der Waals surface area contributed by atoms with E-state index in [1.807, 2.05) is 27.0 Å². The number of amidine groups is 1. The van der Waals surface area contributed by atoms with E-state index >= 15 is 0 Å². The molecule has 13 heteroatoms. The molecule has 0 aliphatic carbocycles. The Balaban J connectivity index is 0.820. The number of nitrogens with zero attached hydrogens (tertiary/aromatic N) is 9. The number of oxime groups is 1. The molecule has 4 aliphatic heterocycles. The van der Waals surface area contributed by atoms with E-state index in [2.05, 4.69) is 99.0 Å². The zero-order valence-corrected chi connectivity index (χ0v) is 33.3. The van der Waals surface area contributed by atoms with Crippen molar-refractivity contribution in [2.75, 3.05) is 85.0 Å². The Hall–Kier alpha value is -5.17. The van der Waals surface area contributed by atoms with E-state index in [0.717, 1.165) is 106 Å². The molecule has 8 rings (SSSR count). The van der Waals surface area contributed by atoms with E-state index in [1.165, 1.54) is 36.1 Å². The summed E-state index contributed by atoms with van der Waals surface area (Å²) in [6, 6.07) is 15.5. The van der Waals surface area contributed by atoms with Gasteiger partial charge in [-0.2, -0.15) is 0 Å². The van der Waals surface area contributed by atoms with Gasteiger partial charge in [-0.15, -0.1) is 0 Å². The van der Waals surface area contributed by atoms with Crippen molar-refractivity contribution in [2.24, 2.45) is 27.4 Å². The van der Waals surface area contributed by atoms with Crippen molar-refractivity contribution in [3.05, 3.63) is 61.2 Å². The normalized spacial score (nSPS) is 20.2. The molecule has 4 fully saturated rings. The van der Waals surface area contributed by atoms with Gasteiger partial charge in [-0.3, -0.25) is 9.69 Å². The van der Waals surface area contributed by atoms with Crippen LogP contribution in [0.4, 0.5) is 22.9 Å². The number of aromatic amines is 1. The summed E-state index contributed by atoms with van der Waals surface area (Å²) < 4.78 is 0. The van der Waals surface area contributed by atoms with Crippen LogP contribution in [0.5, 0.6) is 0 Å². The predicted molar refractivity (Wildman–Crippen MR) is 227 cm³/mol. The molecule has 6 heterocycles. The number of amides is 1. The molecule has 0 bridgehead atoms. The second-order valence-corrected chi connectivity index (χ2v) is 17.1. The van der Waals surface area contributed by atoms with E-state index in [4.69, 9.17) is 4.98 Å². The Morgan fingerprint density at radius 1 is 0.857 bits per heavy atom. The van der Waals surface area contributed by atoms with Gasteiger partial charge in [0, 0.05) is 111 Å². The molecular weight excluding hydrogens is 703 g/mol. The molecule has 0 atom stereocenters. The highest BCUT2D eigenvalue weighted by atomic mass is 16.4. The smallest absolute Gasteiger partial charge is 0.227 e. The van der Waals surface area contributed by atoms with Crippen molar-refractivity contribution in [3.8, 4) is 0 Å². The van der Waals surface area contributed by atoms with Crippen molar-refractivity contribution < 1.29 is 10.0 Å². The Morgan fingerprint density at radius 3 is 2.21 bits per heavy atom. The first-order chi connectivity index (χ1) is 27.1. The number of H-pyrrole nitrogens is 1. The molecule has 4 aromatic rings. The summed E-state index contributed by atoms with van der Waals surface area (Å²) in [5.41, 5.74) is 5.32. The average molecular weight is 760 g/mol. The molecule has 0 radical (unpaired) electrons. The average Bonchev–Trinajstić information content (AvgIpc) is 3.58. The zero-order valence-electron chi connectivity index (χ0n) is 33.3. The minimum absolute atomic E-state index is 0.0376. The number of benzene rings is 2. The highest BCUT2D eigenvalue weighted by molar-refractivity contribution is 6.12. The SMILES string of the molecule is C=C1NC(=O)CCN1c1ccc(N2CCC(CN3CCN(c4ccc5c(c4)[nH]c4ncnc(N6CCC(C/C=N/C(=N\O)C(C)(C)C)CC6)c45)CC3)CC2)cc1. The molecule has 4 aliphatic rings. The van der Waals surface area contributed by atoms with Gasteiger partial charge in [-0.25, -0.2) is 15.0 Å². The number of hydrogen-bond donors (Lipinski definition) is 3. The maximum Gasteiger partial charge on any atom is 0.227 e. The van der Waals surface area contributed by atoms with E-state index < -0.39 is 0 Å². The summed E-state index contributed by atoms with van der Waals surface area (Å²) in [6.07, 6.45) is 9.53. The third kappa shape index (κ3) is 8.18. The van der Waals surface area contributed by atoms with Crippen LogP contribution in [-0.2, 0) is 4.79 Å². The molecule has 4 saturated heterocycles. The standard InChI is InChI=1S/C43H57N11O2/c1-30-47-38(55)16-22-54(30)34-7-5-33(6-8-34)51-18-14-32(15-19-51)28-50-23-25-52(26-24-50)35-9-10-36-37(27-35)48-40-39(36)41(46-29-45-40)53-20-12-31(13-21-53)11-17-44-42(49-56)43(2,3)4/h5-10,17,27,29,31-32,56H,1,11-16,18-26,28H2,2-4H3,(H,47,55)(H,45,46,48)/b44-17+,49-42-. The maximum atomic E-state index is 11.7. The van der Waals surface area contributed by atoms with Crippen LogP contribution >= 0.6 is 0 Å². The fourth-order valence-electron chi connectivity index (χ4n) is 8.87. The Kier molecular flexibility index (Phi) is 10.9. The number of aromatic nitrogens is 3. The number of carbonyl (C=O) groups is 1. The number of nitrogens with one attached hydrogen (secondary N) is 2. The third-order valence-electron chi connectivity index (χ3n) is 12.3. The van der Waals surface area contributed by atoms with Crippen LogP contribution in [0.3, 0.4) is 0 Å². The number of piperidine rings is 2. The van der Waals surface area contributed by atoms with E-state index in [-0.39, 0.29) is 11.3 Å². The Bertz CT molecular complexity index is 2080. The van der Waals surface area contributed by atoms with Crippen molar-refractivity contribution in [3.63, 3.8) is 0 Å². The lowest BCUT2D eigenvalue weighted by Gasteiger charge is -2.40. The first-order valence-corrected chi connectivity index (χ1v) is 20.5. The monoisotopic (exact) mass is 759 g/mol. The van der Waals surface area contributed by atoms with Gasteiger partial charge in [-0.1, -0.05) is 32.5 Å². The Labute approximate surface area is 330 Å². The molecule has 3 N–H and O–H groups in total. The maximum absolute atomic E-state index is 11.7. The van der Waals surface area contributed by atoms with Crippen LogP contribution < -0.4 is 24.9 Å². The highest BCUT2D eigenvalue weighted by Gasteiger charge is 2.27. The predicted octanol–water partition coefficient (Wildman–Crippen LogP) is 6.46. The van der Waals surface area contributed by atoms with Gasteiger partial charge in [0.2, 0.25) is 5.91 Å². The van der Waals surface area contributed by atoms with Gasteiger partial charge in [0.05, 0.1) is 5.39 Å². The molecule has 296 valence electrons. The first kappa shape index (κ1) is 37.7. The van der Waals surface area contributed by atoms with Gasteiger partial charge in [0.25, 0.3) is 0 Å². The van der Waals surface area contributed by atoms with Crippen molar-refractivity contribution in [1.82, 2.24) is 25.2 Å². The topological polar surface area (TPSA) is 132 Å². The number of hydrogen-bond acceptors (Lipinski definition) is 10. The van der Waals surface area contributed by atoms with Gasteiger partial charge in [-0.05, 0) is 86.4 Å². The number of piperazine rings is 1. The van der Waals surface area contributed by atoms with Gasteiger partial charge in [0.15, 0.2) is 5.84 Å². The van der Waals surface area contributed by atoms with Gasteiger partial charge < -0.3 is 35.1 Å². The van der Waals surface area contributed by atoms with E-state index in [0.29, 0.717) is 30.5 Å². The third-order valence-corrected chi connectivity index (χ3v) is 12.3. The number of carbonyl (C=O) groups excluding carboxylic acids is 1. The molecule has 0 spiro atoms. The minimum Gasteiger partial charge on any atom is -0.409 e. The molecule has 0 unspecified atom stereocenters. The number of rotatable bonds is 8. The zero-order chi connectivity index (χ0) is 38.8. The second kappa shape index (κ2) is 16.1. The summed E-state index contributed by atoms with van der Waals surface area (Å²) in [6.45, 7) is 20.1. The molecule has 56 heavy (non-hydrogen) atoms. The van der Waals surface area contributed by atoms with Crippen LogP contribution in [0.1, 0.15) is 59.3 Å². The van der Waals surface area contributed by atoms with Crippen LogP contribution in [0, 0.1) is 17.3 Å².